The van der Waals surface area contributed by atoms with Crippen LogP contribution < -0.4 is 5.32 Å². The fourth-order valence-electron chi connectivity index (χ4n) is 1.52. The number of halogens is 3. The van der Waals surface area contributed by atoms with Crippen molar-refractivity contribution in [1.29, 1.82) is 0 Å². The van der Waals surface area contributed by atoms with Crippen molar-refractivity contribution in [3.63, 3.8) is 0 Å². The lowest BCUT2D eigenvalue weighted by molar-refractivity contribution is 0.395. The Labute approximate surface area is 102 Å². The highest BCUT2D eigenvalue weighted by Gasteiger charge is 2.09. The van der Waals surface area contributed by atoms with Gasteiger partial charge in [0, 0.05) is 12.2 Å². The van der Waals surface area contributed by atoms with Crippen molar-refractivity contribution in [2.24, 2.45) is 0 Å². The van der Waals surface area contributed by atoms with Crippen LogP contribution in [0.25, 0.3) is 0 Å². The van der Waals surface area contributed by atoms with Crippen LogP contribution >= 0.6 is 0 Å². The quantitative estimate of drug-likeness (QED) is 0.878. The first-order valence-corrected chi connectivity index (χ1v) is 5.22. The van der Waals surface area contributed by atoms with Gasteiger partial charge in [-0.2, -0.15) is 0 Å². The lowest BCUT2D eigenvalue weighted by Gasteiger charge is -2.07. The third-order valence-electron chi connectivity index (χ3n) is 2.40. The Balaban J connectivity index is 2.11. The van der Waals surface area contributed by atoms with E-state index in [9.17, 15) is 13.2 Å². The fourth-order valence-corrected chi connectivity index (χ4v) is 1.52. The van der Waals surface area contributed by atoms with Crippen LogP contribution in [0.1, 0.15) is 5.56 Å². The third-order valence-corrected chi connectivity index (χ3v) is 2.40. The van der Waals surface area contributed by atoms with E-state index < -0.39 is 23.2 Å². The lowest BCUT2D eigenvalue weighted by Crippen LogP contribution is -2.01. The number of benzene rings is 2. The summed E-state index contributed by atoms with van der Waals surface area (Å²) in [7, 11) is 0. The number of hydrogen-bond donors (Lipinski definition) is 2. The van der Waals surface area contributed by atoms with E-state index in [0.29, 0.717) is 11.3 Å². The van der Waals surface area contributed by atoms with E-state index in [1.54, 1.807) is 6.07 Å². The molecule has 0 aliphatic rings. The molecule has 2 N–H and O–H groups in total. The third kappa shape index (κ3) is 2.74. The Bertz CT molecular complexity index is 549. The molecule has 2 aromatic rings. The summed E-state index contributed by atoms with van der Waals surface area (Å²) < 4.78 is 39.0. The van der Waals surface area contributed by atoms with Crippen LogP contribution in [-0.2, 0) is 6.54 Å². The number of hydrogen-bond acceptors (Lipinski definition) is 2. The highest BCUT2D eigenvalue weighted by molar-refractivity contribution is 5.44. The van der Waals surface area contributed by atoms with Gasteiger partial charge in [0.15, 0.2) is 17.4 Å². The molecule has 2 aromatic carbocycles. The van der Waals surface area contributed by atoms with Crippen molar-refractivity contribution in [1.82, 2.24) is 0 Å². The molecular weight excluding hydrogens is 243 g/mol. The minimum atomic E-state index is -1.02. The molecule has 0 heterocycles. The van der Waals surface area contributed by atoms with Gasteiger partial charge in [0.1, 0.15) is 5.82 Å². The van der Waals surface area contributed by atoms with Gasteiger partial charge in [0.05, 0.1) is 0 Å². The van der Waals surface area contributed by atoms with E-state index in [0.717, 1.165) is 12.1 Å². The highest BCUT2D eigenvalue weighted by atomic mass is 19.1. The summed E-state index contributed by atoms with van der Waals surface area (Å²) in [6, 6.07) is 7.76. The predicted octanol–water partition coefficient (Wildman–Crippen LogP) is 3.42. The summed E-state index contributed by atoms with van der Waals surface area (Å²) in [5.41, 5.74) is 0.816. The lowest BCUT2D eigenvalue weighted by atomic mass is 10.2. The SMILES string of the molecule is Oc1c(F)cc(CNc2cccc(F)c2)cc1F. The second kappa shape index (κ2) is 5.00. The molecule has 0 aromatic heterocycles. The molecule has 0 saturated carbocycles. The Morgan fingerprint density at radius 1 is 1.00 bits per heavy atom. The molecule has 0 aliphatic carbocycles. The summed E-state index contributed by atoms with van der Waals surface area (Å²) in [5.74, 6) is -3.44. The predicted molar refractivity (Wildman–Crippen MR) is 61.7 cm³/mol. The second-order valence-electron chi connectivity index (χ2n) is 3.77. The van der Waals surface area contributed by atoms with Crippen molar-refractivity contribution in [3.05, 3.63) is 59.4 Å². The van der Waals surface area contributed by atoms with E-state index in [2.05, 4.69) is 5.32 Å². The zero-order valence-corrected chi connectivity index (χ0v) is 9.25. The summed E-state index contributed by atoms with van der Waals surface area (Å²) >= 11 is 0. The standard InChI is InChI=1S/C13H10F3NO/c14-9-2-1-3-10(6-9)17-7-8-4-11(15)13(18)12(16)5-8/h1-6,17-18H,7H2. The van der Waals surface area contributed by atoms with Gasteiger partial charge in [0.25, 0.3) is 0 Å². The van der Waals surface area contributed by atoms with Crippen LogP contribution in [0.2, 0.25) is 0 Å². The molecule has 0 fully saturated rings. The smallest absolute Gasteiger partial charge is 0.187 e. The summed E-state index contributed by atoms with van der Waals surface area (Å²) in [4.78, 5) is 0. The average molecular weight is 253 g/mol. The van der Waals surface area contributed by atoms with Crippen molar-refractivity contribution in [2.45, 2.75) is 6.54 Å². The van der Waals surface area contributed by atoms with Crippen molar-refractivity contribution in [2.75, 3.05) is 5.32 Å². The molecule has 0 atom stereocenters. The number of anilines is 1. The van der Waals surface area contributed by atoms with Crippen LogP contribution in [0.15, 0.2) is 36.4 Å². The first kappa shape index (κ1) is 12.3. The minimum Gasteiger partial charge on any atom is -0.503 e. The molecule has 0 amide bonds. The molecule has 94 valence electrons. The van der Waals surface area contributed by atoms with Crippen LogP contribution in [0, 0.1) is 17.5 Å². The van der Waals surface area contributed by atoms with Gasteiger partial charge < -0.3 is 10.4 Å². The Kier molecular flexibility index (Phi) is 3.41. The van der Waals surface area contributed by atoms with Crippen molar-refractivity contribution < 1.29 is 18.3 Å². The normalized spacial score (nSPS) is 10.4. The van der Waals surface area contributed by atoms with Crippen molar-refractivity contribution >= 4 is 5.69 Å². The largest absolute Gasteiger partial charge is 0.503 e. The zero-order valence-electron chi connectivity index (χ0n) is 9.25. The second-order valence-corrected chi connectivity index (χ2v) is 3.77. The molecule has 0 saturated heterocycles. The van der Waals surface area contributed by atoms with Gasteiger partial charge in [-0.3, -0.25) is 0 Å². The van der Waals surface area contributed by atoms with E-state index in [4.69, 9.17) is 5.11 Å². The first-order valence-electron chi connectivity index (χ1n) is 5.22. The van der Waals surface area contributed by atoms with Crippen LogP contribution in [-0.4, -0.2) is 5.11 Å². The zero-order chi connectivity index (χ0) is 13.1. The van der Waals surface area contributed by atoms with E-state index in [-0.39, 0.29) is 6.54 Å². The average Bonchev–Trinajstić information content (AvgIpc) is 2.33. The maximum atomic E-state index is 13.1. The molecule has 0 bridgehead atoms. The Hall–Kier alpha value is -2.17. The monoisotopic (exact) mass is 253 g/mol. The van der Waals surface area contributed by atoms with Crippen LogP contribution in [0.3, 0.4) is 0 Å². The Morgan fingerprint density at radius 3 is 2.28 bits per heavy atom. The molecule has 0 spiro atoms. The molecule has 5 heteroatoms. The maximum Gasteiger partial charge on any atom is 0.187 e. The summed E-state index contributed by atoms with van der Waals surface area (Å²) in [6.45, 7) is 0.123. The number of phenols is 1. The number of nitrogens with one attached hydrogen (secondary N) is 1. The fraction of sp³-hybridized carbons (Fsp3) is 0.0769. The molecular formula is C13H10F3NO. The number of aromatic hydroxyl groups is 1. The number of phenolic OH excluding ortho intramolecular Hbond substituents is 1. The molecule has 0 radical (unpaired) electrons. The van der Waals surface area contributed by atoms with E-state index in [1.165, 1.54) is 18.2 Å². The molecule has 18 heavy (non-hydrogen) atoms. The van der Waals surface area contributed by atoms with Gasteiger partial charge >= 0.3 is 0 Å². The highest BCUT2D eigenvalue weighted by Crippen LogP contribution is 2.22. The molecule has 0 unspecified atom stereocenters. The number of rotatable bonds is 3. The minimum absolute atomic E-state index is 0.123. The van der Waals surface area contributed by atoms with E-state index in [1.807, 2.05) is 0 Å². The topological polar surface area (TPSA) is 32.3 Å². The van der Waals surface area contributed by atoms with Gasteiger partial charge in [-0.05, 0) is 35.9 Å². The molecule has 2 rings (SSSR count). The first-order chi connectivity index (χ1) is 8.56. The Morgan fingerprint density at radius 2 is 1.67 bits per heavy atom. The van der Waals surface area contributed by atoms with Gasteiger partial charge in [-0.15, -0.1) is 0 Å². The van der Waals surface area contributed by atoms with Crippen molar-refractivity contribution in [3.8, 4) is 5.75 Å². The maximum absolute atomic E-state index is 13.1. The van der Waals surface area contributed by atoms with Gasteiger partial charge in [-0.1, -0.05) is 6.07 Å². The van der Waals surface area contributed by atoms with E-state index >= 15 is 0 Å². The summed E-state index contributed by atoms with van der Waals surface area (Å²) in [5, 5.41) is 11.8. The van der Waals surface area contributed by atoms with Crippen LogP contribution in [0.5, 0.6) is 5.75 Å². The van der Waals surface area contributed by atoms with Crippen LogP contribution in [0.4, 0.5) is 18.9 Å². The summed E-state index contributed by atoms with van der Waals surface area (Å²) in [6.07, 6.45) is 0. The molecule has 0 aliphatic heterocycles. The van der Waals surface area contributed by atoms with Gasteiger partial charge in [0.2, 0.25) is 0 Å². The van der Waals surface area contributed by atoms with Gasteiger partial charge in [-0.25, -0.2) is 13.2 Å². The molecule has 2 nitrogen and oxygen atoms in total.